The molecule has 2 aromatic carbocycles. The zero-order valence-corrected chi connectivity index (χ0v) is 23.4. The molecule has 0 saturated heterocycles. The van der Waals surface area contributed by atoms with E-state index in [1.54, 1.807) is 9.47 Å². The molecule has 0 aliphatic carbocycles. The van der Waals surface area contributed by atoms with Crippen molar-refractivity contribution in [2.45, 2.75) is 45.8 Å². The average molecular weight is 539 g/mol. The molecule has 0 fully saturated rings. The van der Waals surface area contributed by atoms with Crippen molar-refractivity contribution in [1.29, 1.82) is 0 Å². The lowest BCUT2D eigenvalue weighted by molar-refractivity contribution is -0.127. The molecular formula is C27H30N4O2S3. The summed E-state index contributed by atoms with van der Waals surface area (Å²) in [5.41, 5.74) is 4.40. The second-order valence-electron chi connectivity index (χ2n) is 8.54. The maximum absolute atomic E-state index is 13.9. The minimum absolute atomic E-state index is 0.0265. The molecule has 0 aliphatic rings. The van der Waals surface area contributed by atoms with Gasteiger partial charge in [0.15, 0.2) is 14.8 Å². The maximum Gasteiger partial charge on any atom is 0.278 e. The molecule has 0 aliphatic heterocycles. The molecule has 0 saturated carbocycles. The van der Waals surface area contributed by atoms with Gasteiger partial charge >= 0.3 is 0 Å². The van der Waals surface area contributed by atoms with Crippen molar-refractivity contribution in [2.75, 3.05) is 18.8 Å². The monoisotopic (exact) mass is 538 g/mol. The molecule has 1 amide bonds. The molecule has 0 atom stereocenters. The first kappa shape index (κ1) is 26.3. The molecule has 9 heteroatoms. The summed E-state index contributed by atoms with van der Waals surface area (Å²) < 4.78 is 4.78. The van der Waals surface area contributed by atoms with Gasteiger partial charge in [0.05, 0.1) is 11.4 Å². The van der Waals surface area contributed by atoms with Crippen molar-refractivity contribution in [1.82, 2.24) is 19.0 Å². The Morgan fingerprint density at radius 3 is 2.36 bits per heavy atom. The normalized spacial score (nSPS) is 11.2. The van der Waals surface area contributed by atoms with E-state index in [0.29, 0.717) is 39.1 Å². The summed E-state index contributed by atoms with van der Waals surface area (Å²) >= 11 is 8.29. The third kappa shape index (κ3) is 5.33. The van der Waals surface area contributed by atoms with Crippen LogP contribution < -0.4 is 5.56 Å². The molecule has 0 unspecified atom stereocenters. The number of para-hydroxylation sites is 1. The summed E-state index contributed by atoms with van der Waals surface area (Å²) in [7, 11) is 0. The molecule has 2 heterocycles. The van der Waals surface area contributed by atoms with E-state index in [9.17, 15) is 9.59 Å². The summed E-state index contributed by atoms with van der Waals surface area (Å²) in [5.74, 6) is 0.234. The molecule has 0 spiro atoms. The van der Waals surface area contributed by atoms with Gasteiger partial charge in [-0.05, 0) is 63.0 Å². The van der Waals surface area contributed by atoms with Crippen molar-refractivity contribution in [3.05, 3.63) is 79.5 Å². The lowest BCUT2D eigenvalue weighted by Crippen LogP contribution is -2.32. The number of hydrogen-bond donors (Lipinski definition) is 0. The number of rotatable bonds is 9. The first-order valence-corrected chi connectivity index (χ1v) is 14.2. The minimum atomic E-state index is -0.148. The van der Waals surface area contributed by atoms with Crippen LogP contribution in [0.2, 0.25) is 0 Å². The van der Waals surface area contributed by atoms with E-state index in [4.69, 9.17) is 17.2 Å². The number of carbonyl (C=O) groups excluding carboxylic acids is 1. The third-order valence-electron chi connectivity index (χ3n) is 6.23. The second-order valence-corrected chi connectivity index (χ2v) is 11.1. The van der Waals surface area contributed by atoms with Crippen molar-refractivity contribution in [3.63, 3.8) is 0 Å². The van der Waals surface area contributed by atoms with Gasteiger partial charge in [0.2, 0.25) is 5.91 Å². The predicted molar refractivity (Wildman–Crippen MR) is 152 cm³/mol. The van der Waals surface area contributed by atoms with E-state index >= 15 is 0 Å². The molecule has 4 aromatic rings. The van der Waals surface area contributed by atoms with E-state index < -0.39 is 0 Å². The smallest absolute Gasteiger partial charge is 0.278 e. The minimum Gasteiger partial charge on any atom is -0.343 e. The van der Waals surface area contributed by atoms with Gasteiger partial charge in [-0.2, -0.15) is 0 Å². The molecular weight excluding hydrogens is 509 g/mol. The zero-order chi connectivity index (χ0) is 25.8. The van der Waals surface area contributed by atoms with Crippen LogP contribution in [-0.4, -0.2) is 43.8 Å². The number of hydrogen-bond acceptors (Lipinski definition) is 6. The van der Waals surface area contributed by atoms with Gasteiger partial charge in [-0.1, -0.05) is 71.6 Å². The van der Waals surface area contributed by atoms with Crippen molar-refractivity contribution >= 4 is 51.6 Å². The number of aryl methyl sites for hydroxylation is 4. The van der Waals surface area contributed by atoms with Gasteiger partial charge in [-0.25, -0.2) is 4.98 Å². The quantitative estimate of drug-likeness (QED) is 0.153. The summed E-state index contributed by atoms with van der Waals surface area (Å²) in [4.78, 5) is 33.5. The van der Waals surface area contributed by atoms with Gasteiger partial charge in [-0.15, -0.1) is 0 Å². The van der Waals surface area contributed by atoms with Gasteiger partial charge in [-0.3, -0.25) is 14.2 Å². The fourth-order valence-corrected chi connectivity index (χ4v) is 6.51. The first-order valence-electron chi connectivity index (χ1n) is 12.0. The highest BCUT2D eigenvalue weighted by atomic mass is 32.2. The van der Waals surface area contributed by atoms with Crippen LogP contribution in [0.1, 0.15) is 30.5 Å². The van der Waals surface area contributed by atoms with Crippen molar-refractivity contribution < 1.29 is 4.79 Å². The first-order chi connectivity index (χ1) is 17.3. The Kier molecular flexibility index (Phi) is 8.43. The van der Waals surface area contributed by atoms with Crippen LogP contribution in [0.15, 0.2) is 58.5 Å². The summed E-state index contributed by atoms with van der Waals surface area (Å²) in [5, 5.41) is 0.506. The molecule has 4 rings (SSSR count). The Hall–Kier alpha value is -2.75. The van der Waals surface area contributed by atoms with E-state index in [2.05, 4.69) is 12.1 Å². The molecule has 0 radical (unpaired) electrons. The van der Waals surface area contributed by atoms with Gasteiger partial charge in [0.25, 0.3) is 5.56 Å². The SMILES string of the molecule is CCN(CC)C(=O)CSc1nc2c(sc(=S)n2CCc2ccccc2)c(=O)n1-c1c(C)cccc1C. The Morgan fingerprint density at radius 2 is 1.72 bits per heavy atom. The lowest BCUT2D eigenvalue weighted by Gasteiger charge is -2.20. The lowest BCUT2D eigenvalue weighted by atomic mass is 10.1. The number of nitrogens with zero attached hydrogens (tertiary/aromatic N) is 4. The summed E-state index contributed by atoms with van der Waals surface area (Å²) in [6, 6.07) is 16.1. The standard InChI is InChI=1S/C27H30N4O2S3/c1-5-29(6-2)21(32)17-35-26-28-24-23(25(33)31(26)22-18(3)11-10-12-19(22)4)36-27(34)30(24)16-15-20-13-8-7-9-14-20/h7-14H,5-6,15-17H2,1-4H3. The van der Waals surface area contributed by atoms with Crippen LogP contribution in [0.25, 0.3) is 16.0 Å². The molecule has 0 N–H and O–H groups in total. The Labute approximate surface area is 224 Å². The van der Waals surface area contributed by atoms with Crippen LogP contribution in [-0.2, 0) is 17.8 Å². The van der Waals surface area contributed by atoms with E-state index in [1.165, 1.54) is 28.7 Å². The van der Waals surface area contributed by atoms with Crippen molar-refractivity contribution in [3.8, 4) is 5.69 Å². The average Bonchev–Trinajstić information content (AvgIpc) is 3.19. The van der Waals surface area contributed by atoms with Gasteiger partial charge in [0.1, 0.15) is 4.70 Å². The molecule has 2 aromatic heterocycles. The fraction of sp³-hybridized carbons (Fsp3) is 0.333. The predicted octanol–water partition coefficient (Wildman–Crippen LogP) is 5.80. The molecule has 6 nitrogen and oxygen atoms in total. The van der Waals surface area contributed by atoms with Crippen LogP contribution in [0.3, 0.4) is 0 Å². The van der Waals surface area contributed by atoms with E-state index in [-0.39, 0.29) is 17.2 Å². The Morgan fingerprint density at radius 1 is 1.06 bits per heavy atom. The maximum atomic E-state index is 13.9. The molecule has 36 heavy (non-hydrogen) atoms. The zero-order valence-electron chi connectivity index (χ0n) is 21.0. The van der Waals surface area contributed by atoms with E-state index in [0.717, 1.165) is 23.2 Å². The number of benzene rings is 2. The largest absolute Gasteiger partial charge is 0.343 e. The van der Waals surface area contributed by atoms with Crippen LogP contribution >= 0.6 is 35.3 Å². The van der Waals surface area contributed by atoms with Gasteiger partial charge in [0, 0.05) is 19.6 Å². The number of amides is 1. The summed E-state index contributed by atoms with van der Waals surface area (Å²) in [6.45, 7) is 9.84. The highest BCUT2D eigenvalue weighted by molar-refractivity contribution is 7.99. The van der Waals surface area contributed by atoms with E-state index in [1.807, 2.05) is 68.7 Å². The van der Waals surface area contributed by atoms with Crippen LogP contribution in [0.5, 0.6) is 0 Å². The highest BCUT2D eigenvalue weighted by Gasteiger charge is 2.21. The van der Waals surface area contributed by atoms with Gasteiger partial charge < -0.3 is 9.47 Å². The van der Waals surface area contributed by atoms with Crippen molar-refractivity contribution in [2.24, 2.45) is 0 Å². The fourth-order valence-electron chi connectivity index (χ4n) is 4.31. The summed E-state index contributed by atoms with van der Waals surface area (Å²) in [6.07, 6.45) is 0.783. The highest BCUT2D eigenvalue weighted by Crippen LogP contribution is 2.28. The number of thioether (sulfide) groups is 1. The number of fused-ring (bicyclic) bond motifs is 1. The molecule has 188 valence electrons. The molecule has 0 bridgehead atoms. The second kappa shape index (κ2) is 11.5. The number of carbonyl (C=O) groups is 1. The number of aromatic nitrogens is 3. The van der Waals surface area contributed by atoms with Crippen LogP contribution in [0.4, 0.5) is 0 Å². The third-order valence-corrected chi connectivity index (χ3v) is 8.58. The number of thiazole rings is 1. The Balaban J connectivity index is 1.84. The topological polar surface area (TPSA) is 60.1 Å². The van der Waals surface area contributed by atoms with Crippen LogP contribution in [0, 0.1) is 17.8 Å². The Bertz CT molecular complexity index is 1480.